The van der Waals surface area contributed by atoms with Gasteiger partial charge in [-0.25, -0.2) is 0 Å². The van der Waals surface area contributed by atoms with Crippen LogP contribution in [0.5, 0.6) is 0 Å². The van der Waals surface area contributed by atoms with Crippen LogP contribution in [0.25, 0.3) is 0 Å². The monoisotopic (exact) mass is 301 g/mol. The Bertz CT molecular complexity index is 242. The first-order chi connectivity index (χ1) is 10.2. The van der Waals surface area contributed by atoms with E-state index in [0.29, 0.717) is 31.8 Å². The summed E-state index contributed by atoms with van der Waals surface area (Å²) < 4.78 is 10.8. The Kier molecular flexibility index (Phi) is 10.3. The van der Waals surface area contributed by atoms with Crippen LogP contribution in [0.3, 0.4) is 0 Å². The number of rotatable bonds is 12. The van der Waals surface area contributed by atoms with Crippen molar-refractivity contribution in [1.29, 1.82) is 0 Å². The van der Waals surface area contributed by atoms with Crippen molar-refractivity contribution in [3.8, 4) is 0 Å². The highest BCUT2D eigenvalue weighted by atomic mass is 16.5. The molecule has 4 heteroatoms. The third kappa shape index (κ3) is 9.46. The van der Waals surface area contributed by atoms with Crippen molar-refractivity contribution in [1.82, 2.24) is 5.32 Å². The van der Waals surface area contributed by atoms with Gasteiger partial charge in [0.25, 0.3) is 0 Å². The first-order valence-electron chi connectivity index (χ1n) is 8.70. The van der Waals surface area contributed by atoms with Crippen LogP contribution >= 0.6 is 0 Å². The topological polar surface area (TPSA) is 50.7 Å². The van der Waals surface area contributed by atoms with Crippen LogP contribution in [0.15, 0.2) is 0 Å². The molecule has 21 heavy (non-hydrogen) atoms. The molecule has 0 aliphatic heterocycles. The molecule has 0 aromatic heterocycles. The lowest BCUT2D eigenvalue weighted by atomic mass is 9.76. The maximum atomic E-state index is 9.88. The van der Waals surface area contributed by atoms with E-state index in [1.165, 1.54) is 32.1 Å². The molecule has 1 rings (SSSR count). The zero-order valence-corrected chi connectivity index (χ0v) is 14.0. The van der Waals surface area contributed by atoms with Crippen LogP contribution in [0.1, 0.15) is 58.8 Å². The number of hydrogen-bond donors (Lipinski definition) is 2. The molecule has 0 bridgehead atoms. The lowest BCUT2D eigenvalue weighted by molar-refractivity contribution is 0.00305. The van der Waals surface area contributed by atoms with Gasteiger partial charge in [0.2, 0.25) is 0 Å². The first kappa shape index (κ1) is 18.9. The molecule has 0 amide bonds. The molecular formula is C17H35NO3. The van der Waals surface area contributed by atoms with E-state index in [-0.39, 0.29) is 0 Å². The van der Waals surface area contributed by atoms with Gasteiger partial charge < -0.3 is 19.9 Å². The molecule has 126 valence electrons. The number of unbranched alkanes of at least 4 members (excludes halogenated alkanes) is 1. The Balaban J connectivity index is 1.92. The lowest BCUT2D eigenvalue weighted by Gasteiger charge is -2.34. The molecule has 0 spiro atoms. The summed E-state index contributed by atoms with van der Waals surface area (Å²) in [5, 5.41) is 13.3. The van der Waals surface area contributed by atoms with Gasteiger partial charge in [-0.2, -0.15) is 0 Å². The second-order valence-corrected chi connectivity index (χ2v) is 6.70. The fourth-order valence-electron chi connectivity index (χ4n) is 2.87. The molecular weight excluding hydrogens is 266 g/mol. The van der Waals surface area contributed by atoms with E-state index in [2.05, 4.69) is 19.2 Å². The van der Waals surface area contributed by atoms with Crippen molar-refractivity contribution in [3.05, 3.63) is 0 Å². The molecule has 0 heterocycles. The Hall–Kier alpha value is -0.160. The number of aliphatic hydroxyl groups excluding tert-OH is 1. The fraction of sp³-hybridized carbons (Fsp3) is 1.00. The zero-order valence-electron chi connectivity index (χ0n) is 14.0. The van der Waals surface area contributed by atoms with Gasteiger partial charge in [-0.15, -0.1) is 0 Å². The fourth-order valence-corrected chi connectivity index (χ4v) is 2.87. The standard InChI is InChI=1S/C17H35NO3/c1-3-4-10-20-11-12-21-14-16(19)13-18-15-17(2)8-6-5-7-9-17/h16,18-19H,3-15H2,1-2H3. The SMILES string of the molecule is CCCCOCCOCC(O)CNCC1(C)CCCCC1. The third-order valence-corrected chi connectivity index (χ3v) is 4.32. The van der Waals surface area contributed by atoms with Crippen LogP contribution in [0.4, 0.5) is 0 Å². The van der Waals surface area contributed by atoms with Gasteiger partial charge in [0.15, 0.2) is 0 Å². The molecule has 1 atom stereocenters. The van der Waals surface area contributed by atoms with E-state index in [1.807, 2.05) is 0 Å². The summed E-state index contributed by atoms with van der Waals surface area (Å²) in [6.45, 7) is 8.52. The maximum absolute atomic E-state index is 9.88. The van der Waals surface area contributed by atoms with Gasteiger partial charge in [0, 0.05) is 19.7 Å². The molecule has 1 aliphatic rings. The molecule has 0 radical (unpaired) electrons. The van der Waals surface area contributed by atoms with Crippen molar-refractivity contribution >= 4 is 0 Å². The van der Waals surface area contributed by atoms with Gasteiger partial charge >= 0.3 is 0 Å². The molecule has 1 unspecified atom stereocenters. The summed E-state index contributed by atoms with van der Waals surface area (Å²) >= 11 is 0. The van der Waals surface area contributed by atoms with Crippen molar-refractivity contribution in [2.75, 3.05) is 39.5 Å². The molecule has 0 aromatic carbocycles. The highest BCUT2D eigenvalue weighted by Crippen LogP contribution is 2.34. The predicted molar refractivity (Wildman–Crippen MR) is 86.6 cm³/mol. The maximum Gasteiger partial charge on any atom is 0.0897 e. The molecule has 2 N–H and O–H groups in total. The zero-order chi connectivity index (χ0) is 15.4. The molecule has 1 fully saturated rings. The summed E-state index contributed by atoms with van der Waals surface area (Å²) in [7, 11) is 0. The molecule has 1 aliphatic carbocycles. The van der Waals surface area contributed by atoms with E-state index in [9.17, 15) is 5.11 Å². The molecule has 4 nitrogen and oxygen atoms in total. The van der Waals surface area contributed by atoms with Crippen LogP contribution in [0, 0.1) is 5.41 Å². The second-order valence-electron chi connectivity index (χ2n) is 6.70. The van der Waals surface area contributed by atoms with Crippen LogP contribution in [-0.2, 0) is 9.47 Å². The molecule has 0 aromatic rings. The van der Waals surface area contributed by atoms with Gasteiger partial charge in [0.1, 0.15) is 0 Å². The highest BCUT2D eigenvalue weighted by Gasteiger charge is 2.26. The van der Waals surface area contributed by atoms with Crippen LogP contribution in [0.2, 0.25) is 0 Å². The van der Waals surface area contributed by atoms with Crippen molar-refractivity contribution in [2.45, 2.75) is 64.9 Å². The van der Waals surface area contributed by atoms with Gasteiger partial charge in [0.05, 0.1) is 25.9 Å². The Labute approximate surface area is 130 Å². The average molecular weight is 301 g/mol. The Morgan fingerprint density at radius 3 is 2.52 bits per heavy atom. The average Bonchev–Trinajstić information content (AvgIpc) is 2.47. The van der Waals surface area contributed by atoms with Crippen molar-refractivity contribution < 1.29 is 14.6 Å². The van der Waals surface area contributed by atoms with E-state index in [1.54, 1.807) is 0 Å². The Morgan fingerprint density at radius 2 is 1.81 bits per heavy atom. The quantitative estimate of drug-likeness (QED) is 0.544. The minimum atomic E-state index is -0.423. The lowest BCUT2D eigenvalue weighted by Crippen LogP contribution is -2.38. The van der Waals surface area contributed by atoms with Crippen LogP contribution in [-0.4, -0.2) is 50.7 Å². The van der Waals surface area contributed by atoms with Crippen molar-refractivity contribution in [3.63, 3.8) is 0 Å². The second kappa shape index (κ2) is 11.4. The highest BCUT2D eigenvalue weighted by molar-refractivity contribution is 4.80. The largest absolute Gasteiger partial charge is 0.389 e. The number of nitrogens with one attached hydrogen (secondary N) is 1. The summed E-state index contributed by atoms with van der Waals surface area (Å²) in [5.74, 6) is 0. The van der Waals surface area contributed by atoms with Gasteiger partial charge in [-0.05, 0) is 24.7 Å². The van der Waals surface area contributed by atoms with E-state index in [4.69, 9.17) is 9.47 Å². The van der Waals surface area contributed by atoms with E-state index >= 15 is 0 Å². The van der Waals surface area contributed by atoms with Gasteiger partial charge in [-0.1, -0.05) is 39.5 Å². The number of ether oxygens (including phenoxy) is 2. The summed E-state index contributed by atoms with van der Waals surface area (Å²) in [6, 6.07) is 0. The normalized spacial score (nSPS) is 19.6. The van der Waals surface area contributed by atoms with E-state index < -0.39 is 6.10 Å². The van der Waals surface area contributed by atoms with Crippen molar-refractivity contribution in [2.24, 2.45) is 5.41 Å². The summed E-state index contributed by atoms with van der Waals surface area (Å²) in [4.78, 5) is 0. The smallest absolute Gasteiger partial charge is 0.0897 e. The molecule has 1 saturated carbocycles. The minimum Gasteiger partial charge on any atom is -0.389 e. The van der Waals surface area contributed by atoms with Crippen LogP contribution < -0.4 is 5.32 Å². The molecule has 0 saturated heterocycles. The number of aliphatic hydroxyl groups is 1. The predicted octanol–water partition coefficient (Wildman–Crippen LogP) is 2.74. The minimum absolute atomic E-state index is 0.390. The Morgan fingerprint density at radius 1 is 1.10 bits per heavy atom. The number of hydrogen-bond acceptors (Lipinski definition) is 4. The summed E-state index contributed by atoms with van der Waals surface area (Å²) in [6.07, 6.45) is 8.53. The summed E-state index contributed by atoms with van der Waals surface area (Å²) in [5.41, 5.74) is 0.423. The van der Waals surface area contributed by atoms with Gasteiger partial charge in [-0.3, -0.25) is 0 Å². The third-order valence-electron chi connectivity index (χ3n) is 4.32. The first-order valence-corrected chi connectivity index (χ1v) is 8.70. The van der Waals surface area contributed by atoms with E-state index in [0.717, 1.165) is 26.0 Å².